The second kappa shape index (κ2) is 6.93. The maximum Gasteiger partial charge on any atom is 0.294 e. The van der Waals surface area contributed by atoms with E-state index in [1.54, 1.807) is 6.07 Å². The number of fused-ring (bicyclic) bond motifs is 1. The van der Waals surface area contributed by atoms with Crippen LogP contribution in [0.3, 0.4) is 0 Å². The molecule has 0 saturated carbocycles. The van der Waals surface area contributed by atoms with Gasteiger partial charge in [-0.2, -0.15) is 0 Å². The first-order valence-corrected chi connectivity index (χ1v) is 8.30. The van der Waals surface area contributed by atoms with E-state index in [1.165, 1.54) is 12.4 Å². The zero-order chi connectivity index (χ0) is 17.9. The third-order valence-corrected chi connectivity index (χ3v) is 4.32. The van der Waals surface area contributed by atoms with Crippen molar-refractivity contribution in [1.82, 2.24) is 9.97 Å². The molecule has 1 fully saturated rings. The number of anilines is 3. The van der Waals surface area contributed by atoms with Crippen LogP contribution in [0.15, 0.2) is 48.8 Å². The van der Waals surface area contributed by atoms with Gasteiger partial charge in [0.25, 0.3) is 5.69 Å². The average molecular weight is 351 g/mol. The molecular weight excluding hydrogens is 334 g/mol. The molecule has 1 saturated heterocycles. The summed E-state index contributed by atoms with van der Waals surface area (Å²) < 4.78 is 5.36. The fraction of sp³-hybridized carbons (Fsp3) is 0.222. The van der Waals surface area contributed by atoms with Crippen molar-refractivity contribution in [1.29, 1.82) is 0 Å². The van der Waals surface area contributed by atoms with Crippen LogP contribution in [-0.2, 0) is 4.74 Å². The van der Waals surface area contributed by atoms with E-state index in [1.807, 2.05) is 35.2 Å². The molecule has 1 aromatic heterocycles. The van der Waals surface area contributed by atoms with Crippen LogP contribution in [0.25, 0.3) is 10.9 Å². The highest BCUT2D eigenvalue weighted by atomic mass is 16.6. The second-order valence-electron chi connectivity index (χ2n) is 5.93. The van der Waals surface area contributed by atoms with Gasteiger partial charge in [-0.05, 0) is 18.2 Å². The molecule has 2 heterocycles. The SMILES string of the molecule is O=[N+]([O-])c1cc2ncnc(Nc3ccccc3)c2cc1N1CCOCC1. The molecule has 0 aliphatic carbocycles. The van der Waals surface area contributed by atoms with Gasteiger partial charge < -0.3 is 15.0 Å². The van der Waals surface area contributed by atoms with E-state index < -0.39 is 0 Å². The molecular formula is C18H17N5O3. The summed E-state index contributed by atoms with van der Waals surface area (Å²) in [5.74, 6) is 0.616. The first-order valence-electron chi connectivity index (χ1n) is 8.30. The third kappa shape index (κ3) is 3.14. The predicted molar refractivity (Wildman–Crippen MR) is 98.9 cm³/mol. The molecule has 1 N–H and O–H groups in total. The van der Waals surface area contributed by atoms with E-state index in [0.29, 0.717) is 43.3 Å². The van der Waals surface area contributed by atoms with Gasteiger partial charge >= 0.3 is 0 Å². The number of ether oxygens (including phenoxy) is 1. The standard InChI is InChI=1S/C18H17N5O3/c24-23(25)17-11-15-14(10-16(17)22-6-8-26-9-7-22)18(20-12-19-15)21-13-4-2-1-3-5-13/h1-5,10-12H,6-9H2,(H,19,20,21). The Morgan fingerprint density at radius 3 is 2.62 bits per heavy atom. The Bertz CT molecular complexity index is 942. The van der Waals surface area contributed by atoms with Crippen LogP contribution in [0.2, 0.25) is 0 Å². The van der Waals surface area contributed by atoms with Gasteiger partial charge in [0.1, 0.15) is 17.8 Å². The smallest absolute Gasteiger partial charge is 0.294 e. The number of benzene rings is 2. The number of rotatable bonds is 4. The minimum absolute atomic E-state index is 0.0451. The predicted octanol–water partition coefficient (Wildman–Crippen LogP) is 3.12. The number of para-hydroxylation sites is 1. The molecule has 8 nitrogen and oxygen atoms in total. The number of nitrogens with zero attached hydrogens (tertiary/aromatic N) is 4. The summed E-state index contributed by atoms with van der Waals surface area (Å²) in [6.45, 7) is 2.33. The number of nitrogens with one attached hydrogen (secondary N) is 1. The average Bonchev–Trinajstić information content (AvgIpc) is 2.69. The molecule has 0 spiro atoms. The lowest BCUT2D eigenvalue weighted by atomic mass is 10.1. The Hall–Kier alpha value is -3.26. The number of nitro benzene ring substituents is 1. The Kier molecular flexibility index (Phi) is 4.32. The zero-order valence-electron chi connectivity index (χ0n) is 14.0. The topological polar surface area (TPSA) is 93.4 Å². The summed E-state index contributed by atoms with van der Waals surface area (Å²) >= 11 is 0. The van der Waals surface area contributed by atoms with Crippen LogP contribution in [0.5, 0.6) is 0 Å². The van der Waals surface area contributed by atoms with E-state index in [-0.39, 0.29) is 10.6 Å². The molecule has 26 heavy (non-hydrogen) atoms. The number of morpholine rings is 1. The van der Waals surface area contributed by atoms with Gasteiger partial charge in [0.2, 0.25) is 0 Å². The van der Waals surface area contributed by atoms with Crippen molar-refractivity contribution in [2.24, 2.45) is 0 Å². The van der Waals surface area contributed by atoms with Crippen molar-refractivity contribution in [2.45, 2.75) is 0 Å². The molecule has 0 atom stereocenters. The van der Waals surface area contributed by atoms with Gasteiger partial charge in [0, 0.05) is 30.2 Å². The van der Waals surface area contributed by atoms with Crippen molar-refractivity contribution >= 4 is 33.8 Å². The first-order chi connectivity index (χ1) is 12.7. The lowest BCUT2D eigenvalue weighted by Crippen LogP contribution is -2.36. The summed E-state index contributed by atoms with van der Waals surface area (Å²) in [7, 11) is 0. The Labute approximate surface area is 149 Å². The van der Waals surface area contributed by atoms with Crippen molar-refractivity contribution in [3.8, 4) is 0 Å². The number of hydrogen-bond acceptors (Lipinski definition) is 7. The van der Waals surface area contributed by atoms with E-state index >= 15 is 0 Å². The van der Waals surface area contributed by atoms with Crippen molar-refractivity contribution in [3.63, 3.8) is 0 Å². The summed E-state index contributed by atoms with van der Waals surface area (Å²) in [4.78, 5) is 21.7. The monoisotopic (exact) mass is 351 g/mol. The highest BCUT2D eigenvalue weighted by Gasteiger charge is 2.23. The van der Waals surface area contributed by atoms with Gasteiger partial charge in [-0.25, -0.2) is 9.97 Å². The van der Waals surface area contributed by atoms with Gasteiger partial charge in [-0.15, -0.1) is 0 Å². The molecule has 2 aromatic carbocycles. The number of aromatic nitrogens is 2. The summed E-state index contributed by atoms with van der Waals surface area (Å²) in [6, 6.07) is 13.0. The van der Waals surface area contributed by atoms with Crippen LogP contribution in [0.4, 0.5) is 22.9 Å². The maximum absolute atomic E-state index is 11.6. The first kappa shape index (κ1) is 16.2. The highest BCUT2D eigenvalue weighted by molar-refractivity contribution is 5.96. The summed E-state index contributed by atoms with van der Waals surface area (Å²) in [5, 5.41) is 15.6. The van der Waals surface area contributed by atoms with Gasteiger partial charge in [0.05, 0.1) is 23.7 Å². The molecule has 0 amide bonds. The van der Waals surface area contributed by atoms with E-state index in [9.17, 15) is 10.1 Å². The van der Waals surface area contributed by atoms with Gasteiger partial charge in [-0.3, -0.25) is 10.1 Å². The lowest BCUT2D eigenvalue weighted by molar-refractivity contribution is -0.384. The summed E-state index contributed by atoms with van der Waals surface area (Å²) in [6.07, 6.45) is 1.41. The quantitative estimate of drug-likeness (QED) is 0.570. The second-order valence-corrected chi connectivity index (χ2v) is 5.93. The fourth-order valence-corrected chi connectivity index (χ4v) is 3.04. The molecule has 132 valence electrons. The Balaban J connectivity index is 1.83. The van der Waals surface area contributed by atoms with Crippen molar-refractivity contribution < 1.29 is 9.66 Å². The Morgan fingerprint density at radius 2 is 1.88 bits per heavy atom. The normalized spacial score (nSPS) is 14.4. The molecule has 8 heteroatoms. The van der Waals surface area contributed by atoms with E-state index in [4.69, 9.17) is 4.74 Å². The molecule has 1 aliphatic rings. The molecule has 0 radical (unpaired) electrons. The van der Waals surface area contributed by atoms with Crippen LogP contribution in [0, 0.1) is 10.1 Å². The van der Waals surface area contributed by atoms with Crippen molar-refractivity contribution in [3.05, 3.63) is 58.9 Å². The fourth-order valence-electron chi connectivity index (χ4n) is 3.04. The minimum Gasteiger partial charge on any atom is -0.378 e. The highest BCUT2D eigenvalue weighted by Crippen LogP contribution is 2.35. The summed E-state index contributed by atoms with van der Waals surface area (Å²) in [5.41, 5.74) is 2.03. The van der Waals surface area contributed by atoms with E-state index in [2.05, 4.69) is 15.3 Å². The van der Waals surface area contributed by atoms with Crippen LogP contribution < -0.4 is 10.2 Å². The van der Waals surface area contributed by atoms with Crippen LogP contribution in [-0.4, -0.2) is 41.2 Å². The van der Waals surface area contributed by atoms with Crippen LogP contribution >= 0.6 is 0 Å². The van der Waals surface area contributed by atoms with Gasteiger partial charge in [0.15, 0.2) is 0 Å². The molecule has 4 rings (SSSR count). The maximum atomic E-state index is 11.6. The molecule has 0 unspecified atom stereocenters. The third-order valence-electron chi connectivity index (χ3n) is 4.32. The largest absolute Gasteiger partial charge is 0.378 e. The number of hydrogen-bond donors (Lipinski definition) is 1. The number of nitro groups is 1. The van der Waals surface area contributed by atoms with Crippen molar-refractivity contribution in [2.75, 3.05) is 36.5 Å². The molecule has 0 bridgehead atoms. The van der Waals surface area contributed by atoms with E-state index in [0.717, 1.165) is 11.1 Å². The Morgan fingerprint density at radius 1 is 1.12 bits per heavy atom. The zero-order valence-corrected chi connectivity index (χ0v) is 14.0. The molecule has 1 aliphatic heterocycles. The van der Waals surface area contributed by atoms with Gasteiger partial charge in [-0.1, -0.05) is 18.2 Å². The minimum atomic E-state index is -0.364. The lowest BCUT2D eigenvalue weighted by Gasteiger charge is -2.28. The molecule has 3 aromatic rings. The van der Waals surface area contributed by atoms with Crippen LogP contribution in [0.1, 0.15) is 0 Å².